The van der Waals surface area contributed by atoms with E-state index in [1.165, 1.54) is 6.42 Å². The van der Waals surface area contributed by atoms with Crippen molar-refractivity contribution in [3.8, 4) is 0 Å². The molecule has 1 atom stereocenters. The van der Waals surface area contributed by atoms with Gasteiger partial charge in [0.1, 0.15) is 0 Å². The zero-order valence-corrected chi connectivity index (χ0v) is 21.8. The van der Waals surface area contributed by atoms with Gasteiger partial charge in [0.15, 0.2) is 5.96 Å². The Morgan fingerprint density at radius 3 is 2.53 bits per heavy atom. The van der Waals surface area contributed by atoms with Crippen molar-refractivity contribution in [2.45, 2.75) is 72.9 Å². The first-order valence-corrected chi connectivity index (χ1v) is 11.2. The molecule has 30 heavy (non-hydrogen) atoms. The van der Waals surface area contributed by atoms with E-state index in [0.717, 1.165) is 56.2 Å². The highest BCUT2D eigenvalue weighted by Crippen LogP contribution is 2.12. The van der Waals surface area contributed by atoms with Crippen molar-refractivity contribution in [3.05, 3.63) is 29.8 Å². The largest absolute Gasteiger partial charge is 0.357 e. The zero-order valence-electron chi connectivity index (χ0n) is 19.5. The van der Waals surface area contributed by atoms with E-state index in [1.54, 1.807) is 0 Å². The van der Waals surface area contributed by atoms with E-state index < -0.39 is 0 Å². The molecule has 0 radical (unpaired) electrons. The molecule has 172 valence electrons. The first-order chi connectivity index (χ1) is 14.0. The maximum atomic E-state index is 11.8. The summed E-state index contributed by atoms with van der Waals surface area (Å²) < 4.78 is 0. The summed E-state index contributed by atoms with van der Waals surface area (Å²) >= 11 is 0. The molecule has 1 aromatic carbocycles. The summed E-state index contributed by atoms with van der Waals surface area (Å²) in [5.74, 6) is 0.893. The number of carbonyl (C=O) groups excluding carboxylic acids is 1. The number of hydrogen-bond acceptors (Lipinski definition) is 3. The van der Waals surface area contributed by atoms with E-state index in [2.05, 4.69) is 48.5 Å². The molecular formula is C23H42IN5O. The van der Waals surface area contributed by atoms with Crippen LogP contribution >= 0.6 is 24.0 Å². The average molecular weight is 532 g/mol. The van der Waals surface area contributed by atoms with Crippen molar-refractivity contribution in [1.82, 2.24) is 15.5 Å². The van der Waals surface area contributed by atoms with Gasteiger partial charge < -0.3 is 20.9 Å². The topological polar surface area (TPSA) is 68.8 Å². The second-order valence-corrected chi connectivity index (χ2v) is 7.41. The Morgan fingerprint density at radius 2 is 1.90 bits per heavy atom. The van der Waals surface area contributed by atoms with Gasteiger partial charge in [-0.3, -0.25) is 4.79 Å². The summed E-state index contributed by atoms with van der Waals surface area (Å²) in [5, 5.41) is 9.79. The highest BCUT2D eigenvalue weighted by atomic mass is 127. The molecule has 1 unspecified atom stereocenters. The van der Waals surface area contributed by atoms with Crippen molar-refractivity contribution in [3.63, 3.8) is 0 Å². The van der Waals surface area contributed by atoms with Crippen LogP contribution < -0.4 is 16.0 Å². The highest BCUT2D eigenvalue weighted by Gasteiger charge is 2.07. The van der Waals surface area contributed by atoms with Crippen LogP contribution in [0, 0.1) is 0 Å². The molecule has 0 aliphatic heterocycles. The lowest BCUT2D eigenvalue weighted by atomic mass is 10.2. The van der Waals surface area contributed by atoms with Crippen molar-refractivity contribution < 1.29 is 4.79 Å². The molecule has 7 heteroatoms. The van der Waals surface area contributed by atoms with E-state index in [1.807, 2.05) is 31.2 Å². The molecule has 1 amide bonds. The van der Waals surface area contributed by atoms with Crippen molar-refractivity contribution in [2.24, 2.45) is 4.99 Å². The fraction of sp³-hybridized carbons (Fsp3) is 0.652. The lowest BCUT2D eigenvalue weighted by Gasteiger charge is -2.21. The standard InChI is InChI=1S/C23H41N5O.HI/c1-6-12-22(29)27-21-15-10-14-20(17-21)18-25-23(24-7-2)26-19(5)13-11-16-28(8-3)9-4;/h10,14-15,17,19H,6-9,11-13,16,18H2,1-5H3,(H,27,29)(H2,24,25,26);1H. The van der Waals surface area contributed by atoms with Gasteiger partial charge in [-0.25, -0.2) is 4.99 Å². The number of aliphatic imine (C=N–C) groups is 1. The van der Waals surface area contributed by atoms with E-state index in [9.17, 15) is 4.79 Å². The van der Waals surface area contributed by atoms with E-state index in [-0.39, 0.29) is 29.9 Å². The summed E-state index contributed by atoms with van der Waals surface area (Å²) in [6.07, 6.45) is 3.68. The number of benzene rings is 1. The Hall–Kier alpha value is -1.35. The highest BCUT2D eigenvalue weighted by molar-refractivity contribution is 14.0. The second-order valence-electron chi connectivity index (χ2n) is 7.41. The van der Waals surface area contributed by atoms with E-state index in [4.69, 9.17) is 4.99 Å². The normalized spacial score (nSPS) is 12.3. The number of nitrogens with zero attached hydrogens (tertiary/aromatic N) is 2. The van der Waals surface area contributed by atoms with Crippen LogP contribution in [0.5, 0.6) is 0 Å². The van der Waals surface area contributed by atoms with Gasteiger partial charge in [-0.1, -0.05) is 32.9 Å². The minimum Gasteiger partial charge on any atom is -0.357 e. The van der Waals surface area contributed by atoms with Gasteiger partial charge in [-0.2, -0.15) is 0 Å². The van der Waals surface area contributed by atoms with E-state index >= 15 is 0 Å². The Bertz CT molecular complexity index is 619. The molecule has 3 N–H and O–H groups in total. The lowest BCUT2D eigenvalue weighted by Crippen LogP contribution is -2.42. The van der Waals surface area contributed by atoms with Crippen molar-refractivity contribution >= 4 is 41.5 Å². The molecule has 0 bridgehead atoms. The minimum atomic E-state index is 0. The van der Waals surface area contributed by atoms with Crippen LogP contribution in [-0.4, -0.2) is 49.0 Å². The molecule has 0 saturated heterocycles. The van der Waals surface area contributed by atoms with E-state index in [0.29, 0.717) is 19.0 Å². The lowest BCUT2D eigenvalue weighted by molar-refractivity contribution is -0.116. The number of anilines is 1. The fourth-order valence-electron chi connectivity index (χ4n) is 3.15. The van der Waals surface area contributed by atoms with Gasteiger partial charge in [0.2, 0.25) is 5.91 Å². The number of halogens is 1. The molecule has 0 heterocycles. The first kappa shape index (κ1) is 28.6. The SMILES string of the molecule is CCCC(=O)Nc1cccc(CN=C(NCC)NC(C)CCCN(CC)CC)c1.I. The van der Waals surface area contributed by atoms with Gasteiger partial charge in [-0.05, 0) is 70.4 Å². The summed E-state index contributed by atoms with van der Waals surface area (Å²) in [4.78, 5) is 19.0. The Kier molecular flexibility index (Phi) is 16.6. The van der Waals surface area contributed by atoms with Crippen LogP contribution in [0.4, 0.5) is 5.69 Å². The number of carbonyl (C=O) groups is 1. The molecule has 0 spiro atoms. The second kappa shape index (κ2) is 17.3. The van der Waals surface area contributed by atoms with Crippen molar-refractivity contribution in [2.75, 3.05) is 31.5 Å². The van der Waals surface area contributed by atoms with Crippen LogP contribution in [0.3, 0.4) is 0 Å². The Morgan fingerprint density at radius 1 is 1.17 bits per heavy atom. The predicted molar refractivity (Wildman–Crippen MR) is 140 cm³/mol. The van der Waals surface area contributed by atoms with Gasteiger partial charge >= 0.3 is 0 Å². The van der Waals surface area contributed by atoms with Gasteiger partial charge in [0, 0.05) is 24.7 Å². The average Bonchev–Trinajstić information content (AvgIpc) is 2.70. The van der Waals surface area contributed by atoms with Crippen molar-refractivity contribution in [1.29, 1.82) is 0 Å². The van der Waals surface area contributed by atoms with Crippen LogP contribution in [0.25, 0.3) is 0 Å². The fourth-order valence-corrected chi connectivity index (χ4v) is 3.15. The molecule has 0 fully saturated rings. The third-order valence-electron chi connectivity index (χ3n) is 4.84. The van der Waals surface area contributed by atoms with Crippen LogP contribution in [-0.2, 0) is 11.3 Å². The quantitative estimate of drug-likeness (QED) is 0.198. The summed E-state index contributed by atoms with van der Waals surface area (Å²) in [6.45, 7) is 15.5. The Balaban J connectivity index is 0.00000841. The van der Waals surface area contributed by atoms with Crippen LogP contribution in [0.2, 0.25) is 0 Å². The summed E-state index contributed by atoms with van der Waals surface area (Å²) in [6, 6.07) is 8.28. The smallest absolute Gasteiger partial charge is 0.224 e. The molecule has 1 aromatic rings. The molecule has 0 saturated carbocycles. The van der Waals surface area contributed by atoms with Crippen LogP contribution in [0.15, 0.2) is 29.3 Å². The number of rotatable bonds is 13. The summed E-state index contributed by atoms with van der Waals surface area (Å²) in [7, 11) is 0. The monoisotopic (exact) mass is 531 g/mol. The molecule has 0 aliphatic carbocycles. The number of nitrogens with one attached hydrogen (secondary N) is 3. The summed E-state index contributed by atoms with van der Waals surface area (Å²) in [5.41, 5.74) is 1.91. The minimum absolute atomic E-state index is 0. The molecular weight excluding hydrogens is 489 g/mol. The Labute approximate surface area is 200 Å². The van der Waals surface area contributed by atoms with Gasteiger partial charge in [-0.15, -0.1) is 24.0 Å². The van der Waals surface area contributed by atoms with Crippen LogP contribution in [0.1, 0.15) is 65.9 Å². The molecule has 0 aromatic heterocycles. The third-order valence-corrected chi connectivity index (χ3v) is 4.84. The number of hydrogen-bond donors (Lipinski definition) is 3. The maximum absolute atomic E-state index is 11.8. The predicted octanol–water partition coefficient (Wildman–Crippen LogP) is 4.61. The number of amides is 1. The van der Waals surface area contributed by atoms with Gasteiger partial charge in [0.05, 0.1) is 6.54 Å². The number of guanidine groups is 1. The third kappa shape index (κ3) is 12.4. The first-order valence-electron chi connectivity index (χ1n) is 11.2. The maximum Gasteiger partial charge on any atom is 0.224 e. The molecule has 0 aliphatic rings. The molecule has 6 nitrogen and oxygen atoms in total. The van der Waals surface area contributed by atoms with Gasteiger partial charge in [0.25, 0.3) is 0 Å². The zero-order chi connectivity index (χ0) is 21.5. The molecule has 1 rings (SSSR count).